The Balaban J connectivity index is 2.48. The van der Waals surface area contributed by atoms with E-state index < -0.39 is 39.6 Å². The molecule has 0 aliphatic heterocycles. The third kappa shape index (κ3) is 2.81. The Morgan fingerprint density at radius 1 is 1.24 bits per heavy atom. The molecule has 2 rings (SSSR count). The fourth-order valence-electron chi connectivity index (χ4n) is 1.42. The molecule has 0 spiro atoms. The summed E-state index contributed by atoms with van der Waals surface area (Å²) in [7, 11) is 0. The third-order valence-electron chi connectivity index (χ3n) is 2.38. The molecule has 0 aliphatic carbocycles. The van der Waals surface area contributed by atoms with Gasteiger partial charge in [-0.2, -0.15) is 4.98 Å². The van der Waals surface area contributed by atoms with E-state index in [2.05, 4.69) is 15.3 Å². The van der Waals surface area contributed by atoms with Gasteiger partial charge in [0.2, 0.25) is 11.8 Å². The monoisotopic (exact) mass is 300 g/mol. The van der Waals surface area contributed by atoms with Crippen molar-refractivity contribution < 1.29 is 18.1 Å². The molecule has 11 heteroatoms. The van der Waals surface area contributed by atoms with Crippen LogP contribution in [0.15, 0.2) is 18.3 Å². The van der Waals surface area contributed by atoms with Gasteiger partial charge in [0, 0.05) is 0 Å². The number of anilines is 3. The zero-order valence-corrected chi connectivity index (χ0v) is 10.1. The molecule has 0 saturated heterocycles. The maximum atomic E-state index is 13.5. The molecule has 0 atom stereocenters. The van der Waals surface area contributed by atoms with E-state index in [0.29, 0.717) is 6.07 Å². The SMILES string of the molecule is NNc1ncc([N+](=O)[O-])c(Nc2ccc(F)c(F)c2F)n1. The number of nitro groups is 1. The number of aromatic nitrogens is 2. The van der Waals surface area contributed by atoms with Crippen molar-refractivity contribution in [3.63, 3.8) is 0 Å². The Morgan fingerprint density at radius 2 is 1.95 bits per heavy atom. The summed E-state index contributed by atoms with van der Waals surface area (Å²) in [5, 5.41) is 13.0. The van der Waals surface area contributed by atoms with Gasteiger partial charge in [0.1, 0.15) is 6.20 Å². The minimum Gasteiger partial charge on any atom is -0.332 e. The Morgan fingerprint density at radius 3 is 2.57 bits per heavy atom. The molecule has 1 aromatic carbocycles. The fraction of sp³-hybridized carbons (Fsp3) is 0. The summed E-state index contributed by atoms with van der Waals surface area (Å²) < 4.78 is 39.5. The number of halogens is 3. The van der Waals surface area contributed by atoms with Crippen LogP contribution in [0.3, 0.4) is 0 Å². The molecule has 0 aliphatic rings. The van der Waals surface area contributed by atoms with E-state index in [0.717, 1.165) is 12.3 Å². The van der Waals surface area contributed by atoms with Crippen LogP contribution in [-0.4, -0.2) is 14.9 Å². The number of nitrogen functional groups attached to an aromatic ring is 1. The third-order valence-corrected chi connectivity index (χ3v) is 2.38. The number of benzene rings is 1. The molecular formula is C10H7F3N6O2. The lowest BCUT2D eigenvalue weighted by atomic mass is 10.2. The molecular weight excluding hydrogens is 293 g/mol. The molecule has 110 valence electrons. The Hall–Kier alpha value is -2.95. The topological polar surface area (TPSA) is 119 Å². The van der Waals surface area contributed by atoms with E-state index in [1.54, 1.807) is 0 Å². The first-order chi connectivity index (χ1) is 9.93. The fourth-order valence-corrected chi connectivity index (χ4v) is 1.42. The Labute approximate surface area is 114 Å². The second-order valence-electron chi connectivity index (χ2n) is 3.68. The number of hydrogen-bond acceptors (Lipinski definition) is 7. The molecule has 0 radical (unpaired) electrons. The molecule has 4 N–H and O–H groups in total. The molecule has 0 fully saturated rings. The largest absolute Gasteiger partial charge is 0.332 e. The van der Waals surface area contributed by atoms with Gasteiger partial charge in [0.25, 0.3) is 0 Å². The summed E-state index contributed by atoms with van der Waals surface area (Å²) in [6, 6.07) is 1.53. The molecule has 21 heavy (non-hydrogen) atoms. The van der Waals surface area contributed by atoms with Crippen LogP contribution in [0.5, 0.6) is 0 Å². The minimum atomic E-state index is -1.71. The normalized spacial score (nSPS) is 10.3. The highest BCUT2D eigenvalue weighted by Crippen LogP contribution is 2.28. The highest BCUT2D eigenvalue weighted by atomic mass is 19.2. The molecule has 1 aromatic heterocycles. The van der Waals surface area contributed by atoms with Crippen LogP contribution in [0.25, 0.3) is 0 Å². The number of rotatable bonds is 4. The maximum absolute atomic E-state index is 13.5. The predicted molar refractivity (Wildman–Crippen MR) is 66.1 cm³/mol. The van der Waals surface area contributed by atoms with Crippen LogP contribution in [0.2, 0.25) is 0 Å². The van der Waals surface area contributed by atoms with E-state index in [9.17, 15) is 23.3 Å². The zero-order chi connectivity index (χ0) is 15.6. The van der Waals surface area contributed by atoms with Crippen molar-refractivity contribution in [1.82, 2.24) is 9.97 Å². The number of nitrogens with one attached hydrogen (secondary N) is 2. The first-order valence-electron chi connectivity index (χ1n) is 5.32. The number of nitrogens with two attached hydrogens (primary N) is 1. The van der Waals surface area contributed by atoms with Gasteiger partial charge in [-0.15, -0.1) is 0 Å². The van der Waals surface area contributed by atoms with E-state index in [1.807, 2.05) is 5.43 Å². The quantitative estimate of drug-likeness (QED) is 0.341. The molecule has 0 bridgehead atoms. The van der Waals surface area contributed by atoms with Gasteiger partial charge in [-0.3, -0.25) is 15.5 Å². The highest BCUT2D eigenvalue weighted by Gasteiger charge is 2.20. The van der Waals surface area contributed by atoms with Crippen molar-refractivity contribution in [3.05, 3.63) is 45.9 Å². The highest BCUT2D eigenvalue weighted by molar-refractivity contribution is 5.66. The summed E-state index contributed by atoms with van der Waals surface area (Å²) in [5.74, 6) is -0.210. The van der Waals surface area contributed by atoms with Crippen molar-refractivity contribution in [2.75, 3.05) is 10.7 Å². The van der Waals surface area contributed by atoms with Crippen LogP contribution >= 0.6 is 0 Å². The van der Waals surface area contributed by atoms with Crippen LogP contribution < -0.4 is 16.6 Å². The molecule has 0 amide bonds. The summed E-state index contributed by atoms with van der Waals surface area (Å²) in [6.45, 7) is 0. The van der Waals surface area contributed by atoms with Crippen molar-refractivity contribution in [3.8, 4) is 0 Å². The van der Waals surface area contributed by atoms with Gasteiger partial charge in [0.15, 0.2) is 17.5 Å². The van der Waals surface area contributed by atoms with Gasteiger partial charge in [-0.25, -0.2) is 24.0 Å². The molecule has 2 aromatic rings. The zero-order valence-electron chi connectivity index (χ0n) is 10.1. The number of hydrogen-bond donors (Lipinski definition) is 3. The number of hydrazine groups is 1. The lowest BCUT2D eigenvalue weighted by Gasteiger charge is -2.08. The van der Waals surface area contributed by atoms with Crippen LogP contribution in [0.4, 0.5) is 36.3 Å². The van der Waals surface area contributed by atoms with Crippen LogP contribution in [0, 0.1) is 27.6 Å². The van der Waals surface area contributed by atoms with Gasteiger partial charge in [-0.1, -0.05) is 0 Å². The lowest BCUT2D eigenvalue weighted by molar-refractivity contribution is -0.384. The number of nitrogens with zero attached hydrogens (tertiary/aromatic N) is 3. The van der Waals surface area contributed by atoms with Crippen molar-refractivity contribution in [1.29, 1.82) is 0 Å². The standard InChI is InChI=1S/C10H7F3N6O2/c11-4-1-2-5(8(13)7(4)12)16-9-6(19(20)21)3-15-10(17-9)18-14/h1-3H,14H2,(H2,15,16,17,18). The second-order valence-corrected chi connectivity index (χ2v) is 3.68. The minimum absolute atomic E-state index is 0.189. The molecule has 0 saturated carbocycles. The molecule has 8 nitrogen and oxygen atoms in total. The Kier molecular flexibility index (Phi) is 3.84. The average Bonchev–Trinajstić information content (AvgIpc) is 2.47. The summed E-state index contributed by atoms with van der Waals surface area (Å²) in [5.41, 5.74) is 0.914. The van der Waals surface area contributed by atoms with E-state index in [-0.39, 0.29) is 5.95 Å². The first kappa shape index (κ1) is 14.5. The Bertz CT molecular complexity index is 711. The van der Waals surface area contributed by atoms with Gasteiger partial charge < -0.3 is 5.32 Å². The summed E-state index contributed by atoms with van der Waals surface area (Å²) >= 11 is 0. The second kappa shape index (κ2) is 5.58. The van der Waals surface area contributed by atoms with E-state index >= 15 is 0 Å². The van der Waals surface area contributed by atoms with E-state index in [4.69, 9.17) is 5.84 Å². The van der Waals surface area contributed by atoms with Gasteiger partial charge in [-0.05, 0) is 12.1 Å². The van der Waals surface area contributed by atoms with Gasteiger partial charge in [0.05, 0.1) is 10.6 Å². The summed E-state index contributed by atoms with van der Waals surface area (Å²) in [4.78, 5) is 17.1. The smallest absolute Gasteiger partial charge is 0.329 e. The maximum Gasteiger partial charge on any atom is 0.329 e. The molecule has 0 unspecified atom stereocenters. The first-order valence-corrected chi connectivity index (χ1v) is 5.32. The van der Waals surface area contributed by atoms with Crippen molar-refractivity contribution in [2.45, 2.75) is 0 Å². The van der Waals surface area contributed by atoms with Crippen LogP contribution in [0.1, 0.15) is 0 Å². The van der Waals surface area contributed by atoms with Crippen molar-refractivity contribution >= 4 is 23.1 Å². The van der Waals surface area contributed by atoms with Gasteiger partial charge >= 0.3 is 5.69 Å². The van der Waals surface area contributed by atoms with Crippen molar-refractivity contribution in [2.24, 2.45) is 5.84 Å². The van der Waals surface area contributed by atoms with E-state index in [1.165, 1.54) is 0 Å². The average molecular weight is 300 g/mol. The lowest BCUT2D eigenvalue weighted by Crippen LogP contribution is -2.12. The molecule has 1 heterocycles. The predicted octanol–water partition coefficient (Wildman–Crippen LogP) is 1.83. The summed E-state index contributed by atoms with van der Waals surface area (Å²) in [6.07, 6.45) is 0.822. The van der Waals surface area contributed by atoms with Crippen LogP contribution in [-0.2, 0) is 0 Å².